The fourth-order valence-electron chi connectivity index (χ4n) is 3.40. The molecule has 0 spiro atoms. The van der Waals surface area contributed by atoms with Crippen molar-refractivity contribution >= 4 is 11.6 Å². The summed E-state index contributed by atoms with van der Waals surface area (Å²) in [6.45, 7) is 2.20. The molecule has 0 radical (unpaired) electrons. The van der Waals surface area contributed by atoms with Crippen molar-refractivity contribution in [2.75, 3.05) is 5.32 Å². The summed E-state index contributed by atoms with van der Waals surface area (Å²) in [5.74, 6) is 0.00251. The lowest BCUT2D eigenvalue weighted by molar-refractivity contribution is -0.112. The van der Waals surface area contributed by atoms with E-state index in [0.717, 1.165) is 43.4 Å². The van der Waals surface area contributed by atoms with Crippen LogP contribution in [-0.2, 0) is 11.2 Å². The molecule has 0 fully saturated rings. The van der Waals surface area contributed by atoms with Crippen molar-refractivity contribution in [3.63, 3.8) is 0 Å². The summed E-state index contributed by atoms with van der Waals surface area (Å²) < 4.78 is 0. The third-order valence-electron chi connectivity index (χ3n) is 4.85. The SMILES string of the molecule is CCCCc1ccc(NC(=O)C2=C(C3=CC=CCC3)CCC=C2)cc1. The number of anilines is 1. The molecule has 3 rings (SSSR count). The highest BCUT2D eigenvalue weighted by Gasteiger charge is 2.19. The molecule has 0 heterocycles. The van der Waals surface area contributed by atoms with Crippen LogP contribution >= 0.6 is 0 Å². The van der Waals surface area contributed by atoms with E-state index in [4.69, 9.17) is 0 Å². The summed E-state index contributed by atoms with van der Waals surface area (Å²) in [6, 6.07) is 8.26. The van der Waals surface area contributed by atoms with E-state index in [9.17, 15) is 4.79 Å². The van der Waals surface area contributed by atoms with E-state index in [1.807, 2.05) is 18.2 Å². The van der Waals surface area contributed by atoms with Crippen LogP contribution in [0, 0.1) is 0 Å². The Morgan fingerprint density at radius 2 is 1.88 bits per heavy atom. The highest BCUT2D eigenvalue weighted by atomic mass is 16.1. The van der Waals surface area contributed by atoms with Gasteiger partial charge in [-0.15, -0.1) is 0 Å². The predicted octanol–water partition coefficient (Wildman–Crippen LogP) is 5.89. The second-order valence-corrected chi connectivity index (χ2v) is 6.75. The van der Waals surface area contributed by atoms with E-state index in [2.05, 4.69) is 48.7 Å². The average Bonchev–Trinajstić information content (AvgIpc) is 2.68. The van der Waals surface area contributed by atoms with Crippen molar-refractivity contribution in [3.8, 4) is 0 Å². The molecular formula is C23H27NO. The van der Waals surface area contributed by atoms with Gasteiger partial charge in [-0.25, -0.2) is 0 Å². The van der Waals surface area contributed by atoms with E-state index < -0.39 is 0 Å². The zero-order chi connectivity index (χ0) is 17.5. The molecule has 1 N–H and O–H groups in total. The maximum absolute atomic E-state index is 12.8. The molecule has 0 aliphatic heterocycles. The number of nitrogens with one attached hydrogen (secondary N) is 1. The lowest BCUT2D eigenvalue weighted by Crippen LogP contribution is -2.17. The molecule has 1 amide bonds. The number of amides is 1. The first-order chi connectivity index (χ1) is 12.3. The molecule has 1 aromatic carbocycles. The largest absolute Gasteiger partial charge is 0.322 e. The van der Waals surface area contributed by atoms with Crippen molar-refractivity contribution in [2.24, 2.45) is 0 Å². The number of benzene rings is 1. The van der Waals surface area contributed by atoms with Gasteiger partial charge in [0.05, 0.1) is 0 Å². The quantitative estimate of drug-likeness (QED) is 0.691. The summed E-state index contributed by atoms with van der Waals surface area (Å²) in [7, 11) is 0. The number of allylic oxidation sites excluding steroid dienone is 6. The number of carbonyl (C=O) groups is 1. The van der Waals surface area contributed by atoms with Crippen LogP contribution in [0.2, 0.25) is 0 Å². The number of unbranched alkanes of at least 4 members (excludes halogenated alkanes) is 1. The van der Waals surface area contributed by atoms with Crippen molar-refractivity contribution in [1.82, 2.24) is 0 Å². The van der Waals surface area contributed by atoms with E-state index in [1.165, 1.54) is 29.6 Å². The van der Waals surface area contributed by atoms with Crippen LogP contribution in [0.5, 0.6) is 0 Å². The third-order valence-corrected chi connectivity index (χ3v) is 4.85. The fourth-order valence-corrected chi connectivity index (χ4v) is 3.40. The van der Waals surface area contributed by atoms with Gasteiger partial charge in [-0.05, 0) is 67.4 Å². The molecule has 2 aliphatic rings. The van der Waals surface area contributed by atoms with Crippen LogP contribution in [0.3, 0.4) is 0 Å². The van der Waals surface area contributed by atoms with Gasteiger partial charge in [0.2, 0.25) is 0 Å². The highest BCUT2D eigenvalue weighted by Crippen LogP contribution is 2.31. The molecule has 2 nitrogen and oxygen atoms in total. The number of hydrogen-bond donors (Lipinski definition) is 1. The highest BCUT2D eigenvalue weighted by molar-refractivity contribution is 6.07. The predicted molar refractivity (Wildman–Crippen MR) is 106 cm³/mol. The summed E-state index contributed by atoms with van der Waals surface area (Å²) in [5.41, 5.74) is 5.55. The zero-order valence-electron chi connectivity index (χ0n) is 15.1. The summed E-state index contributed by atoms with van der Waals surface area (Å²) in [5, 5.41) is 3.07. The lowest BCUT2D eigenvalue weighted by atomic mass is 9.87. The average molecular weight is 333 g/mol. The van der Waals surface area contributed by atoms with Crippen LogP contribution in [-0.4, -0.2) is 5.91 Å². The standard InChI is InChI=1S/C23H27NO/c1-2-3-9-18-14-16-20(17-15-18)24-23(25)22-13-8-7-12-21(22)19-10-5-4-6-11-19/h4-5,8,10,13-17H,2-3,6-7,9,11-12H2,1H3,(H,24,25). The Morgan fingerprint density at radius 3 is 2.60 bits per heavy atom. The molecule has 2 aliphatic carbocycles. The number of hydrogen-bond acceptors (Lipinski definition) is 1. The van der Waals surface area contributed by atoms with Gasteiger partial charge >= 0.3 is 0 Å². The maximum Gasteiger partial charge on any atom is 0.255 e. The molecule has 130 valence electrons. The number of aryl methyl sites for hydroxylation is 1. The fraction of sp³-hybridized carbons (Fsp3) is 0.348. The van der Waals surface area contributed by atoms with Gasteiger partial charge < -0.3 is 5.32 Å². The Balaban J connectivity index is 1.74. The minimum Gasteiger partial charge on any atom is -0.322 e. The third kappa shape index (κ3) is 4.60. The van der Waals surface area contributed by atoms with Crippen molar-refractivity contribution in [2.45, 2.75) is 51.9 Å². The van der Waals surface area contributed by atoms with Gasteiger partial charge in [0, 0.05) is 11.3 Å². The first-order valence-electron chi connectivity index (χ1n) is 9.44. The monoisotopic (exact) mass is 333 g/mol. The van der Waals surface area contributed by atoms with Gasteiger partial charge in [-0.3, -0.25) is 4.79 Å². The molecule has 2 heteroatoms. The maximum atomic E-state index is 12.8. The van der Waals surface area contributed by atoms with Gasteiger partial charge in [0.25, 0.3) is 5.91 Å². The molecule has 0 atom stereocenters. The first-order valence-corrected chi connectivity index (χ1v) is 9.44. The van der Waals surface area contributed by atoms with E-state index in [-0.39, 0.29) is 5.91 Å². The first kappa shape index (κ1) is 17.5. The summed E-state index contributed by atoms with van der Waals surface area (Å²) >= 11 is 0. The van der Waals surface area contributed by atoms with Gasteiger partial charge in [0.1, 0.15) is 0 Å². The van der Waals surface area contributed by atoms with E-state index in [1.54, 1.807) is 0 Å². The van der Waals surface area contributed by atoms with Crippen molar-refractivity contribution in [1.29, 1.82) is 0 Å². The molecular weight excluding hydrogens is 306 g/mol. The zero-order valence-corrected chi connectivity index (χ0v) is 15.1. The summed E-state index contributed by atoms with van der Waals surface area (Å²) in [6.07, 6.45) is 18.1. The number of rotatable bonds is 6. The second kappa shape index (κ2) is 8.66. The molecule has 0 aromatic heterocycles. The van der Waals surface area contributed by atoms with Gasteiger partial charge in [-0.1, -0.05) is 55.9 Å². The molecule has 25 heavy (non-hydrogen) atoms. The molecule has 1 aromatic rings. The van der Waals surface area contributed by atoms with Crippen LogP contribution in [0.1, 0.15) is 51.0 Å². The lowest BCUT2D eigenvalue weighted by Gasteiger charge is -2.20. The Kier molecular flexibility index (Phi) is 6.05. The molecule has 0 saturated carbocycles. The smallest absolute Gasteiger partial charge is 0.255 e. The molecule has 0 saturated heterocycles. The van der Waals surface area contributed by atoms with Gasteiger partial charge in [-0.2, -0.15) is 0 Å². The Hall–Kier alpha value is -2.35. The Bertz CT molecular complexity index is 732. The van der Waals surface area contributed by atoms with E-state index in [0.29, 0.717) is 0 Å². The van der Waals surface area contributed by atoms with Crippen LogP contribution in [0.4, 0.5) is 5.69 Å². The minimum absolute atomic E-state index is 0.00251. The van der Waals surface area contributed by atoms with Crippen molar-refractivity contribution < 1.29 is 4.79 Å². The van der Waals surface area contributed by atoms with Crippen molar-refractivity contribution in [3.05, 3.63) is 76.9 Å². The van der Waals surface area contributed by atoms with Crippen LogP contribution in [0.25, 0.3) is 0 Å². The minimum atomic E-state index is 0.00251. The van der Waals surface area contributed by atoms with E-state index >= 15 is 0 Å². The number of carbonyl (C=O) groups excluding carboxylic acids is 1. The van der Waals surface area contributed by atoms with Crippen LogP contribution < -0.4 is 5.32 Å². The molecule has 0 bridgehead atoms. The Morgan fingerprint density at radius 1 is 1.08 bits per heavy atom. The van der Waals surface area contributed by atoms with Crippen LogP contribution in [0.15, 0.2) is 71.4 Å². The topological polar surface area (TPSA) is 29.1 Å². The summed E-state index contributed by atoms with van der Waals surface area (Å²) in [4.78, 5) is 12.8. The molecule has 0 unspecified atom stereocenters. The normalized spacial score (nSPS) is 16.8. The second-order valence-electron chi connectivity index (χ2n) is 6.75. The Labute approximate surface area is 151 Å². The van der Waals surface area contributed by atoms with Gasteiger partial charge in [0.15, 0.2) is 0 Å².